The van der Waals surface area contributed by atoms with Crippen molar-refractivity contribution in [3.63, 3.8) is 0 Å². The number of benzene rings is 2. The SMILES string of the molecule is COC12CC(c3cc(C)sc3C)=C(c3cc(C)sc3C)C1=C(c1cccc3ccccc13)C(=O)C2Br. The minimum Gasteiger partial charge on any atom is -0.371 e. The van der Waals surface area contributed by atoms with Crippen LogP contribution in [0.1, 0.15) is 42.6 Å². The Morgan fingerprint density at radius 2 is 1.50 bits per heavy atom. The van der Waals surface area contributed by atoms with E-state index in [4.69, 9.17) is 4.74 Å². The molecule has 0 saturated carbocycles. The normalized spacial score (nSPS) is 21.8. The van der Waals surface area contributed by atoms with Gasteiger partial charge in [0.05, 0.1) is 0 Å². The Hall–Kier alpha value is -2.31. The largest absolute Gasteiger partial charge is 0.371 e. The van der Waals surface area contributed by atoms with E-state index in [0.29, 0.717) is 6.42 Å². The number of ketones is 1. The van der Waals surface area contributed by atoms with Gasteiger partial charge in [-0.2, -0.15) is 0 Å². The summed E-state index contributed by atoms with van der Waals surface area (Å²) in [5.74, 6) is 0.0996. The van der Waals surface area contributed by atoms with Gasteiger partial charge in [0.15, 0.2) is 5.78 Å². The quantitative estimate of drug-likeness (QED) is 0.228. The predicted molar refractivity (Wildman–Crippen MR) is 157 cm³/mol. The molecule has 182 valence electrons. The number of methoxy groups -OCH3 is 1. The molecule has 0 aliphatic heterocycles. The molecule has 6 rings (SSSR count). The van der Waals surface area contributed by atoms with Gasteiger partial charge in [0.1, 0.15) is 10.4 Å². The summed E-state index contributed by atoms with van der Waals surface area (Å²) in [6.45, 7) is 8.72. The van der Waals surface area contributed by atoms with Gasteiger partial charge < -0.3 is 4.74 Å². The molecular formula is C31H27BrO2S2. The summed E-state index contributed by atoms with van der Waals surface area (Å²) in [5, 5.41) is 2.23. The second kappa shape index (κ2) is 8.63. The van der Waals surface area contributed by atoms with Crippen molar-refractivity contribution in [2.75, 3.05) is 7.11 Å². The lowest BCUT2D eigenvalue weighted by molar-refractivity contribution is -0.115. The van der Waals surface area contributed by atoms with Crippen LogP contribution in [0.2, 0.25) is 0 Å². The third-order valence-corrected chi connectivity index (χ3v) is 10.7. The van der Waals surface area contributed by atoms with Crippen LogP contribution in [-0.2, 0) is 9.53 Å². The number of aryl methyl sites for hydroxylation is 4. The van der Waals surface area contributed by atoms with Crippen molar-refractivity contribution >= 4 is 71.9 Å². The molecule has 36 heavy (non-hydrogen) atoms. The zero-order valence-corrected chi connectivity index (χ0v) is 24.2. The van der Waals surface area contributed by atoms with Crippen molar-refractivity contribution in [1.29, 1.82) is 0 Å². The third-order valence-electron chi connectivity index (χ3n) is 7.65. The minimum atomic E-state index is -0.751. The van der Waals surface area contributed by atoms with E-state index in [1.165, 1.54) is 41.8 Å². The van der Waals surface area contributed by atoms with Crippen LogP contribution in [0, 0.1) is 27.7 Å². The van der Waals surface area contributed by atoms with Crippen LogP contribution in [0.15, 0.2) is 60.2 Å². The Balaban J connectivity index is 1.77. The van der Waals surface area contributed by atoms with Crippen LogP contribution in [0.5, 0.6) is 0 Å². The van der Waals surface area contributed by atoms with Crippen LogP contribution < -0.4 is 0 Å². The minimum absolute atomic E-state index is 0.0996. The van der Waals surface area contributed by atoms with Crippen molar-refractivity contribution in [1.82, 2.24) is 0 Å². The Morgan fingerprint density at radius 3 is 2.14 bits per heavy atom. The number of hydrogen-bond acceptors (Lipinski definition) is 4. The van der Waals surface area contributed by atoms with E-state index in [-0.39, 0.29) is 5.78 Å². The number of thiophene rings is 2. The van der Waals surface area contributed by atoms with E-state index in [2.05, 4.69) is 86.1 Å². The molecule has 0 radical (unpaired) electrons. The molecular weight excluding hydrogens is 548 g/mol. The molecule has 0 fully saturated rings. The molecule has 2 aromatic carbocycles. The highest BCUT2D eigenvalue weighted by Gasteiger charge is 2.59. The Kier molecular flexibility index (Phi) is 5.76. The van der Waals surface area contributed by atoms with Gasteiger partial charge in [0.25, 0.3) is 0 Å². The second-order valence-corrected chi connectivity index (χ2v) is 13.6. The lowest BCUT2D eigenvalue weighted by atomic mass is 9.88. The number of carbonyl (C=O) groups excluding carboxylic acids is 1. The summed E-state index contributed by atoms with van der Waals surface area (Å²) in [7, 11) is 1.76. The van der Waals surface area contributed by atoms with E-state index < -0.39 is 10.4 Å². The highest BCUT2D eigenvalue weighted by molar-refractivity contribution is 9.10. The number of carbonyl (C=O) groups is 1. The zero-order valence-electron chi connectivity index (χ0n) is 21.0. The molecule has 0 N–H and O–H groups in total. The standard InChI is InChI=1S/C31H27BrO2S2/c1-16-13-23(18(3)35-16)25-15-31(34-5)28(26(25)24-14-17(2)36-19(24)4)27(29(33)30(31)32)22-12-8-10-20-9-6-7-11-21(20)22/h6-14,30H,15H2,1-5H3. The summed E-state index contributed by atoms with van der Waals surface area (Å²) in [5.41, 5.74) is 7.01. The fourth-order valence-corrected chi connectivity index (χ4v) is 8.83. The number of allylic oxidation sites excluding steroid dienone is 1. The lowest BCUT2D eigenvalue weighted by Crippen LogP contribution is -2.39. The van der Waals surface area contributed by atoms with Gasteiger partial charge >= 0.3 is 0 Å². The number of ether oxygens (including phenoxy) is 1. The van der Waals surface area contributed by atoms with Gasteiger partial charge in [-0.05, 0) is 78.4 Å². The highest BCUT2D eigenvalue weighted by Crippen LogP contribution is 2.61. The van der Waals surface area contributed by atoms with E-state index in [9.17, 15) is 4.79 Å². The first-order chi connectivity index (χ1) is 17.3. The number of halogens is 1. The van der Waals surface area contributed by atoms with Crippen molar-refractivity contribution in [3.8, 4) is 0 Å². The Bertz CT molecular complexity index is 1630. The number of fused-ring (bicyclic) bond motifs is 2. The van der Waals surface area contributed by atoms with Crippen molar-refractivity contribution in [2.24, 2.45) is 0 Å². The third kappa shape index (κ3) is 3.33. The van der Waals surface area contributed by atoms with E-state index in [0.717, 1.165) is 27.5 Å². The maximum Gasteiger partial charge on any atom is 0.180 e. The summed E-state index contributed by atoms with van der Waals surface area (Å²) < 4.78 is 6.41. The first kappa shape index (κ1) is 24.1. The zero-order chi connectivity index (χ0) is 25.4. The first-order valence-electron chi connectivity index (χ1n) is 12.1. The smallest absolute Gasteiger partial charge is 0.180 e. The molecule has 0 saturated heterocycles. The van der Waals surface area contributed by atoms with E-state index in [1.807, 2.05) is 34.8 Å². The van der Waals surface area contributed by atoms with Crippen LogP contribution >= 0.6 is 38.6 Å². The van der Waals surface area contributed by atoms with Crippen molar-refractivity contribution in [2.45, 2.75) is 44.5 Å². The molecule has 4 aromatic rings. The van der Waals surface area contributed by atoms with Crippen molar-refractivity contribution < 1.29 is 9.53 Å². The van der Waals surface area contributed by atoms with Crippen LogP contribution in [0.3, 0.4) is 0 Å². The molecule has 2 heterocycles. The number of Topliss-reactive ketones (excluding diaryl/α,β-unsaturated/α-hetero) is 1. The maximum atomic E-state index is 14.1. The van der Waals surface area contributed by atoms with Gasteiger partial charge in [-0.25, -0.2) is 0 Å². The molecule has 0 bridgehead atoms. The summed E-state index contributed by atoms with van der Waals surface area (Å²) in [6.07, 6.45) is 0.662. The lowest BCUT2D eigenvalue weighted by Gasteiger charge is -2.29. The fourth-order valence-electron chi connectivity index (χ4n) is 6.14. The van der Waals surface area contributed by atoms with Gasteiger partial charge in [-0.3, -0.25) is 4.79 Å². The Labute approximate surface area is 228 Å². The topological polar surface area (TPSA) is 26.3 Å². The monoisotopic (exact) mass is 574 g/mol. The second-order valence-electron chi connectivity index (χ2n) is 9.78. The molecule has 0 amide bonds. The van der Waals surface area contributed by atoms with Crippen LogP contribution in [0.4, 0.5) is 0 Å². The van der Waals surface area contributed by atoms with Gasteiger partial charge in [0, 0.05) is 44.2 Å². The van der Waals surface area contributed by atoms with Crippen molar-refractivity contribution in [3.05, 3.63) is 96.4 Å². The predicted octanol–water partition coefficient (Wildman–Crippen LogP) is 8.70. The Morgan fingerprint density at radius 1 is 0.861 bits per heavy atom. The van der Waals surface area contributed by atoms with E-state index in [1.54, 1.807) is 7.11 Å². The summed E-state index contributed by atoms with van der Waals surface area (Å²) in [6, 6.07) is 19.2. The van der Waals surface area contributed by atoms with Gasteiger partial charge in [-0.15, -0.1) is 22.7 Å². The van der Waals surface area contributed by atoms with Crippen LogP contribution in [0.25, 0.3) is 27.5 Å². The number of hydrogen-bond donors (Lipinski definition) is 0. The number of alkyl halides is 1. The van der Waals surface area contributed by atoms with Crippen LogP contribution in [-0.4, -0.2) is 23.3 Å². The van der Waals surface area contributed by atoms with E-state index >= 15 is 0 Å². The molecule has 2 unspecified atom stereocenters. The number of rotatable bonds is 4. The molecule has 2 nitrogen and oxygen atoms in total. The first-order valence-corrected chi connectivity index (χ1v) is 14.7. The molecule has 2 atom stereocenters. The molecule has 2 aliphatic rings. The summed E-state index contributed by atoms with van der Waals surface area (Å²) in [4.78, 5) is 18.8. The molecule has 0 spiro atoms. The fraction of sp³-hybridized carbons (Fsp3) is 0.258. The molecule has 2 aromatic heterocycles. The average molecular weight is 576 g/mol. The molecule has 2 aliphatic carbocycles. The average Bonchev–Trinajstić information content (AvgIpc) is 3.54. The molecule has 5 heteroatoms. The van der Waals surface area contributed by atoms with Gasteiger partial charge in [-0.1, -0.05) is 58.4 Å². The van der Waals surface area contributed by atoms with Gasteiger partial charge in [0.2, 0.25) is 0 Å². The highest BCUT2D eigenvalue weighted by atomic mass is 79.9. The maximum absolute atomic E-state index is 14.1. The summed E-state index contributed by atoms with van der Waals surface area (Å²) >= 11 is 7.48.